The number of ether oxygens (including phenoxy) is 2. The molecule has 0 saturated carbocycles. The van der Waals surface area contributed by atoms with Gasteiger partial charge >= 0.3 is 6.01 Å². The fourth-order valence-electron chi connectivity index (χ4n) is 5.86. The Bertz CT molecular complexity index is 1220. The van der Waals surface area contributed by atoms with E-state index in [1.165, 1.54) is 0 Å². The Morgan fingerprint density at radius 2 is 1.92 bits per heavy atom. The number of alkyl halides is 1. The molecule has 3 unspecified atom stereocenters. The van der Waals surface area contributed by atoms with Crippen molar-refractivity contribution in [2.24, 2.45) is 0 Å². The van der Waals surface area contributed by atoms with Crippen LogP contribution < -0.4 is 15.0 Å². The van der Waals surface area contributed by atoms with Crippen LogP contribution in [0.4, 0.5) is 10.2 Å². The van der Waals surface area contributed by atoms with Crippen LogP contribution in [0.5, 0.6) is 6.01 Å². The number of rotatable bonds is 5. The molecule has 3 saturated heterocycles. The summed E-state index contributed by atoms with van der Waals surface area (Å²) in [4.78, 5) is 13.7. The SMILES string of the molecule is COc1nc(N2CCNCC2)cc(-n2ncc3cc(C)c(C4CCN(C5CCOC5)CC4F)cc32)n1. The maximum absolute atomic E-state index is 15.6. The molecule has 0 spiro atoms. The lowest BCUT2D eigenvalue weighted by Gasteiger charge is -2.38. The van der Waals surface area contributed by atoms with Crippen LogP contribution in [0.2, 0.25) is 0 Å². The Hall–Kier alpha value is -2.82. The predicted octanol–water partition coefficient (Wildman–Crippen LogP) is 2.46. The number of fused-ring (bicyclic) bond motifs is 1. The number of hydrogen-bond acceptors (Lipinski definition) is 8. The molecule has 3 aliphatic rings. The van der Waals surface area contributed by atoms with Gasteiger partial charge in [-0.15, -0.1) is 0 Å². The number of piperidine rings is 1. The summed E-state index contributed by atoms with van der Waals surface area (Å²) in [5, 5.41) is 9.04. The third-order valence-corrected chi connectivity index (χ3v) is 7.87. The number of likely N-dealkylation sites (tertiary alicyclic amines) is 1. The molecular formula is C26H34FN7O2. The smallest absolute Gasteiger partial charge is 0.320 e. The molecule has 3 aromatic rings. The molecule has 3 fully saturated rings. The fraction of sp³-hybridized carbons (Fsp3) is 0.577. The molecule has 0 radical (unpaired) electrons. The van der Waals surface area contributed by atoms with E-state index in [1.807, 2.05) is 16.9 Å². The lowest BCUT2D eigenvalue weighted by molar-refractivity contribution is 0.0728. The quantitative estimate of drug-likeness (QED) is 0.578. The Labute approximate surface area is 210 Å². The van der Waals surface area contributed by atoms with Crippen molar-refractivity contribution in [2.45, 2.75) is 37.9 Å². The third-order valence-electron chi connectivity index (χ3n) is 7.87. The van der Waals surface area contributed by atoms with Gasteiger partial charge in [0.05, 0.1) is 25.4 Å². The van der Waals surface area contributed by atoms with Gasteiger partial charge in [0.2, 0.25) is 0 Å². The highest BCUT2D eigenvalue weighted by atomic mass is 19.1. The zero-order valence-electron chi connectivity index (χ0n) is 21.0. The van der Waals surface area contributed by atoms with Crippen molar-refractivity contribution in [1.82, 2.24) is 30.0 Å². The lowest BCUT2D eigenvalue weighted by Crippen LogP contribution is -2.46. The fourth-order valence-corrected chi connectivity index (χ4v) is 5.86. The lowest BCUT2D eigenvalue weighted by atomic mass is 9.84. The first-order valence-corrected chi connectivity index (χ1v) is 12.9. The van der Waals surface area contributed by atoms with Gasteiger partial charge in [0, 0.05) is 62.7 Å². The maximum atomic E-state index is 15.6. The molecule has 36 heavy (non-hydrogen) atoms. The summed E-state index contributed by atoms with van der Waals surface area (Å²) in [5.41, 5.74) is 3.08. The number of anilines is 1. The second kappa shape index (κ2) is 9.91. The van der Waals surface area contributed by atoms with Crippen molar-refractivity contribution in [3.63, 3.8) is 0 Å². The van der Waals surface area contributed by atoms with E-state index in [2.05, 4.69) is 49.2 Å². The van der Waals surface area contributed by atoms with Crippen LogP contribution in [0.3, 0.4) is 0 Å². The number of aromatic nitrogens is 4. The largest absolute Gasteiger partial charge is 0.467 e. The van der Waals surface area contributed by atoms with Crippen molar-refractivity contribution in [3.8, 4) is 11.8 Å². The molecular weight excluding hydrogens is 461 g/mol. The van der Waals surface area contributed by atoms with Crippen LogP contribution >= 0.6 is 0 Å². The highest BCUT2D eigenvalue weighted by Gasteiger charge is 2.35. The maximum Gasteiger partial charge on any atom is 0.320 e. The van der Waals surface area contributed by atoms with E-state index >= 15 is 4.39 Å². The van der Waals surface area contributed by atoms with Gasteiger partial charge in [-0.3, -0.25) is 4.90 Å². The number of methoxy groups -OCH3 is 1. The number of nitrogens with one attached hydrogen (secondary N) is 1. The molecule has 3 aliphatic heterocycles. The molecule has 10 heteroatoms. The van der Waals surface area contributed by atoms with Crippen molar-refractivity contribution in [1.29, 1.82) is 0 Å². The van der Waals surface area contributed by atoms with E-state index in [9.17, 15) is 0 Å². The van der Waals surface area contributed by atoms with Gasteiger partial charge in [0.1, 0.15) is 12.0 Å². The number of halogens is 1. The van der Waals surface area contributed by atoms with Crippen LogP contribution in [0.15, 0.2) is 24.4 Å². The van der Waals surface area contributed by atoms with E-state index in [4.69, 9.17) is 9.47 Å². The second-order valence-corrected chi connectivity index (χ2v) is 10.1. The minimum atomic E-state index is -0.912. The van der Waals surface area contributed by atoms with Gasteiger partial charge in [0.15, 0.2) is 5.82 Å². The molecule has 192 valence electrons. The van der Waals surface area contributed by atoms with Crippen LogP contribution in [0.25, 0.3) is 16.7 Å². The molecule has 0 aliphatic carbocycles. The Balaban J connectivity index is 1.33. The van der Waals surface area contributed by atoms with E-state index in [0.29, 0.717) is 24.4 Å². The number of aryl methyl sites for hydroxylation is 1. The van der Waals surface area contributed by atoms with E-state index in [-0.39, 0.29) is 5.92 Å². The highest BCUT2D eigenvalue weighted by Crippen LogP contribution is 2.36. The van der Waals surface area contributed by atoms with Crippen LogP contribution in [0, 0.1) is 6.92 Å². The van der Waals surface area contributed by atoms with E-state index < -0.39 is 6.17 Å². The molecule has 3 atom stereocenters. The summed E-state index contributed by atoms with van der Waals surface area (Å²) in [5.74, 6) is 1.34. The van der Waals surface area contributed by atoms with Crippen LogP contribution in [-0.4, -0.2) is 96.5 Å². The molecule has 0 bridgehead atoms. The van der Waals surface area contributed by atoms with Crippen molar-refractivity contribution in [3.05, 3.63) is 35.5 Å². The Morgan fingerprint density at radius 1 is 1.08 bits per heavy atom. The monoisotopic (exact) mass is 495 g/mol. The van der Waals surface area contributed by atoms with Gasteiger partial charge in [-0.05, 0) is 49.6 Å². The molecule has 5 heterocycles. The average molecular weight is 496 g/mol. The number of piperazine rings is 1. The molecule has 9 nitrogen and oxygen atoms in total. The van der Waals surface area contributed by atoms with Crippen molar-refractivity contribution >= 4 is 16.7 Å². The summed E-state index contributed by atoms with van der Waals surface area (Å²) in [6.45, 7) is 8.49. The van der Waals surface area contributed by atoms with Crippen molar-refractivity contribution < 1.29 is 13.9 Å². The Kier molecular flexibility index (Phi) is 6.49. The van der Waals surface area contributed by atoms with Crippen molar-refractivity contribution in [2.75, 3.05) is 64.5 Å². The van der Waals surface area contributed by atoms with E-state index in [1.54, 1.807) is 7.11 Å². The first kappa shape index (κ1) is 23.6. The predicted molar refractivity (Wildman–Crippen MR) is 136 cm³/mol. The zero-order chi connectivity index (χ0) is 24.6. The zero-order valence-corrected chi connectivity index (χ0v) is 21.0. The third kappa shape index (κ3) is 4.42. The summed E-state index contributed by atoms with van der Waals surface area (Å²) >= 11 is 0. The number of benzene rings is 1. The number of hydrogen-bond donors (Lipinski definition) is 1. The van der Waals surface area contributed by atoms with Gasteiger partial charge in [0.25, 0.3) is 0 Å². The normalized spacial score (nSPS) is 25.5. The topological polar surface area (TPSA) is 80.6 Å². The minimum Gasteiger partial charge on any atom is -0.467 e. The second-order valence-electron chi connectivity index (χ2n) is 10.1. The minimum absolute atomic E-state index is 0.132. The summed E-state index contributed by atoms with van der Waals surface area (Å²) in [7, 11) is 1.58. The Morgan fingerprint density at radius 3 is 2.67 bits per heavy atom. The first-order chi connectivity index (χ1) is 17.6. The first-order valence-electron chi connectivity index (χ1n) is 12.9. The summed E-state index contributed by atoms with van der Waals surface area (Å²) < 4.78 is 28.4. The van der Waals surface area contributed by atoms with Gasteiger partial charge in [-0.1, -0.05) is 0 Å². The van der Waals surface area contributed by atoms with Gasteiger partial charge in [-0.25, -0.2) is 9.07 Å². The van der Waals surface area contributed by atoms with E-state index in [0.717, 1.165) is 86.6 Å². The molecule has 1 aromatic carbocycles. The van der Waals surface area contributed by atoms with Gasteiger partial charge < -0.3 is 19.7 Å². The summed E-state index contributed by atoms with van der Waals surface area (Å²) in [6.07, 6.45) is 2.73. The molecule has 2 aromatic heterocycles. The number of nitrogens with zero attached hydrogens (tertiary/aromatic N) is 6. The van der Waals surface area contributed by atoms with Crippen LogP contribution in [-0.2, 0) is 4.74 Å². The van der Waals surface area contributed by atoms with Crippen LogP contribution in [0.1, 0.15) is 29.9 Å². The molecule has 0 amide bonds. The average Bonchev–Trinajstić information content (AvgIpc) is 3.59. The molecule has 1 N–H and O–H groups in total. The van der Waals surface area contributed by atoms with Gasteiger partial charge in [-0.2, -0.15) is 15.1 Å². The molecule has 6 rings (SSSR count). The summed E-state index contributed by atoms with van der Waals surface area (Å²) in [6, 6.07) is 6.85. The highest BCUT2D eigenvalue weighted by molar-refractivity contribution is 5.82. The standard InChI is InChI=1S/C26H34FN7O2/c1-17-11-18-14-29-34(25-13-24(30-26(31-25)35-2)32-8-5-28-6-9-32)23(18)12-21(17)20-3-7-33(15-22(20)27)19-4-10-36-16-19/h11-14,19-20,22,28H,3-10,15-16H2,1-2H3.